The maximum Gasteiger partial charge on any atom is 0.310 e. The van der Waals surface area contributed by atoms with E-state index in [9.17, 15) is 19.5 Å². The number of ether oxygens (including phenoxy) is 1. The lowest BCUT2D eigenvalue weighted by Crippen LogP contribution is -2.51. The van der Waals surface area contributed by atoms with Crippen molar-refractivity contribution in [1.82, 2.24) is 4.90 Å². The van der Waals surface area contributed by atoms with Crippen LogP contribution in [0.3, 0.4) is 0 Å². The number of aliphatic hydroxyl groups excluding tert-OH is 1. The molecule has 7 heteroatoms. The Labute approximate surface area is 234 Å². The third-order valence-corrected chi connectivity index (χ3v) is 8.28. The second-order valence-corrected chi connectivity index (χ2v) is 10.6. The fourth-order valence-corrected chi connectivity index (χ4v) is 6.41. The highest BCUT2D eigenvalue weighted by Gasteiger charge is 2.58. The van der Waals surface area contributed by atoms with Gasteiger partial charge in [0, 0.05) is 11.6 Å². The minimum Gasteiger partial charge on any atom is -0.466 e. The van der Waals surface area contributed by atoms with Crippen LogP contribution in [0.5, 0.6) is 0 Å². The predicted octanol–water partition coefficient (Wildman–Crippen LogP) is 4.60. The van der Waals surface area contributed by atoms with E-state index in [0.717, 1.165) is 16.3 Å². The number of anilines is 1. The number of nitrogens with one attached hydrogen (secondary N) is 1. The van der Waals surface area contributed by atoms with Gasteiger partial charge in [-0.1, -0.05) is 79.7 Å². The topological polar surface area (TPSA) is 95.9 Å². The Hall–Kier alpha value is -3.97. The minimum absolute atomic E-state index is 0.171. The second kappa shape index (κ2) is 12.0. The Morgan fingerprint density at radius 3 is 2.40 bits per heavy atom. The summed E-state index contributed by atoms with van der Waals surface area (Å²) < 4.78 is 5.43. The number of carbonyl (C=O) groups is 3. The Kier molecular flexibility index (Phi) is 8.31. The Bertz CT molecular complexity index is 1400. The summed E-state index contributed by atoms with van der Waals surface area (Å²) in [6.45, 7) is 3.63. The SMILES string of the molecule is CCOC(=O)[C@H]1[C@H]2C(=O)N([C@@H](CO)Cc3ccccc3)[C@H](C(=O)Nc3ccc4ccccc4c3)[C@H]2C=C[C@H]1CC. The summed E-state index contributed by atoms with van der Waals surface area (Å²) in [7, 11) is 0. The number of likely N-dealkylation sites (tertiary alicyclic amines) is 1. The number of amides is 2. The van der Waals surface area contributed by atoms with Gasteiger partial charge in [0.05, 0.1) is 31.1 Å². The van der Waals surface area contributed by atoms with Gasteiger partial charge in [0.1, 0.15) is 6.04 Å². The van der Waals surface area contributed by atoms with Crippen LogP contribution in [0.2, 0.25) is 0 Å². The van der Waals surface area contributed by atoms with E-state index in [2.05, 4.69) is 5.32 Å². The summed E-state index contributed by atoms with van der Waals surface area (Å²) in [4.78, 5) is 43.0. The molecule has 2 amide bonds. The molecule has 1 aliphatic carbocycles. The van der Waals surface area contributed by atoms with Gasteiger partial charge in [0.2, 0.25) is 11.8 Å². The summed E-state index contributed by atoms with van der Waals surface area (Å²) in [6, 6.07) is 21.7. The first-order chi connectivity index (χ1) is 19.5. The van der Waals surface area contributed by atoms with E-state index in [1.54, 1.807) is 6.92 Å². The number of carbonyl (C=O) groups excluding carboxylic acids is 3. The van der Waals surface area contributed by atoms with Gasteiger partial charge < -0.3 is 20.1 Å². The van der Waals surface area contributed by atoms with Crippen molar-refractivity contribution >= 4 is 34.2 Å². The van der Waals surface area contributed by atoms with Crippen molar-refractivity contribution in [3.05, 3.63) is 90.5 Å². The van der Waals surface area contributed by atoms with Gasteiger partial charge in [-0.25, -0.2) is 0 Å². The molecule has 0 saturated carbocycles. The normalized spacial score (nSPS) is 24.5. The molecule has 6 atom stereocenters. The Morgan fingerprint density at radius 2 is 1.70 bits per heavy atom. The van der Waals surface area contributed by atoms with Gasteiger partial charge in [0.25, 0.3) is 0 Å². The number of allylic oxidation sites excluding steroid dienone is 1. The molecule has 1 heterocycles. The molecule has 0 spiro atoms. The van der Waals surface area contributed by atoms with Crippen LogP contribution in [0, 0.1) is 23.7 Å². The molecule has 0 aromatic heterocycles. The minimum atomic E-state index is -0.893. The van der Waals surface area contributed by atoms with Crippen LogP contribution >= 0.6 is 0 Å². The van der Waals surface area contributed by atoms with E-state index >= 15 is 0 Å². The molecule has 0 unspecified atom stereocenters. The molecule has 2 N–H and O–H groups in total. The number of nitrogens with zero attached hydrogens (tertiary/aromatic N) is 1. The average molecular weight is 541 g/mol. The average Bonchev–Trinajstić information content (AvgIpc) is 3.28. The summed E-state index contributed by atoms with van der Waals surface area (Å²) in [5.41, 5.74) is 1.57. The highest BCUT2D eigenvalue weighted by atomic mass is 16.5. The van der Waals surface area contributed by atoms with Gasteiger partial charge >= 0.3 is 5.97 Å². The summed E-state index contributed by atoms with van der Waals surface area (Å²) in [5.74, 6) is -3.19. The molecule has 0 radical (unpaired) electrons. The van der Waals surface area contributed by atoms with Crippen LogP contribution in [0.15, 0.2) is 84.9 Å². The van der Waals surface area contributed by atoms with E-state index < -0.39 is 35.8 Å². The molecule has 2 aliphatic rings. The van der Waals surface area contributed by atoms with Crippen molar-refractivity contribution in [1.29, 1.82) is 0 Å². The quantitative estimate of drug-likeness (QED) is 0.306. The standard InChI is InChI=1S/C33H36N2O5/c1-3-22-15-17-27-29(28(22)33(39)40-4-2)32(38)35(26(20-36)18-21-10-6-5-7-11-21)30(27)31(37)34-25-16-14-23-12-8-9-13-24(23)19-25/h5-17,19,22,26-30,36H,3-4,18,20H2,1-2H3,(H,34,37)/t22-,26-,27+,28-,29+,30+/m1/s1. The first-order valence-electron chi connectivity index (χ1n) is 14.1. The van der Waals surface area contributed by atoms with E-state index in [0.29, 0.717) is 18.5 Å². The fraction of sp³-hybridized carbons (Fsp3) is 0.364. The molecule has 3 aromatic rings. The number of hydrogen-bond acceptors (Lipinski definition) is 5. The Balaban J connectivity index is 1.53. The van der Waals surface area contributed by atoms with Crippen LogP contribution in [-0.2, 0) is 25.5 Å². The van der Waals surface area contributed by atoms with Crippen molar-refractivity contribution in [3.63, 3.8) is 0 Å². The number of fused-ring (bicyclic) bond motifs is 2. The largest absolute Gasteiger partial charge is 0.466 e. The molecule has 3 aromatic carbocycles. The van der Waals surface area contributed by atoms with Crippen LogP contribution in [-0.4, -0.2) is 53.1 Å². The van der Waals surface area contributed by atoms with Crippen LogP contribution in [0.4, 0.5) is 5.69 Å². The molecule has 1 aliphatic heterocycles. The van der Waals surface area contributed by atoms with E-state index in [1.807, 2.05) is 91.9 Å². The summed E-state index contributed by atoms with van der Waals surface area (Å²) >= 11 is 0. The zero-order chi connectivity index (χ0) is 28.2. The van der Waals surface area contributed by atoms with Crippen LogP contribution in [0.1, 0.15) is 25.8 Å². The first-order valence-corrected chi connectivity index (χ1v) is 14.1. The molecule has 208 valence electrons. The Morgan fingerprint density at radius 1 is 0.975 bits per heavy atom. The van der Waals surface area contributed by atoms with Crippen LogP contribution in [0.25, 0.3) is 10.8 Å². The monoisotopic (exact) mass is 540 g/mol. The second-order valence-electron chi connectivity index (χ2n) is 10.6. The zero-order valence-corrected chi connectivity index (χ0v) is 22.9. The third kappa shape index (κ3) is 5.26. The highest BCUT2D eigenvalue weighted by molar-refractivity contribution is 6.02. The summed E-state index contributed by atoms with van der Waals surface area (Å²) in [5, 5.41) is 15.6. The lowest BCUT2D eigenvalue weighted by molar-refractivity contribution is -0.156. The third-order valence-electron chi connectivity index (χ3n) is 8.28. The van der Waals surface area contributed by atoms with E-state index in [-0.39, 0.29) is 30.9 Å². The number of benzene rings is 3. The smallest absolute Gasteiger partial charge is 0.310 e. The molecule has 7 nitrogen and oxygen atoms in total. The maximum absolute atomic E-state index is 14.2. The summed E-state index contributed by atoms with van der Waals surface area (Å²) in [6.07, 6.45) is 4.93. The van der Waals surface area contributed by atoms with Gasteiger partial charge in [-0.15, -0.1) is 0 Å². The molecule has 0 bridgehead atoms. The van der Waals surface area contributed by atoms with Crippen molar-refractivity contribution in [2.24, 2.45) is 23.7 Å². The number of rotatable bonds is 9. The first kappa shape index (κ1) is 27.6. The molecular weight excluding hydrogens is 504 g/mol. The maximum atomic E-state index is 14.2. The van der Waals surface area contributed by atoms with Crippen molar-refractivity contribution < 1.29 is 24.2 Å². The number of aliphatic hydroxyl groups is 1. The number of hydrogen-bond donors (Lipinski definition) is 2. The van der Waals surface area contributed by atoms with Crippen LogP contribution < -0.4 is 5.32 Å². The zero-order valence-electron chi connectivity index (χ0n) is 22.9. The molecule has 5 rings (SSSR count). The number of esters is 1. The molecule has 40 heavy (non-hydrogen) atoms. The van der Waals surface area contributed by atoms with Crippen molar-refractivity contribution in [2.45, 2.75) is 38.8 Å². The van der Waals surface area contributed by atoms with Gasteiger partial charge in [-0.05, 0) is 54.2 Å². The van der Waals surface area contributed by atoms with E-state index in [1.165, 1.54) is 4.90 Å². The lowest BCUT2D eigenvalue weighted by atomic mass is 9.69. The molecule has 1 saturated heterocycles. The van der Waals surface area contributed by atoms with Gasteiger partial charge in [-0.3, -0.25) is 14.4 Å². The van der Waals surface area contributed by atoms with E-state index in [4.69, 9.17) is 4.74 Å². The van der Waals surface area contributed by atoms with Gasteiger partial charge in [-0.2, -0.15) is 0 Å². The highest BCUT2D eigenvalue weighted by Crippen LogP contribution is 2.46. The molecular formula is C33H36N2O5. The predicted molar refractivity (Wildman–Crippen MR) is 154 cm³/mol. The van der Waals surface area contributed by atoms with Gasteiger partial charge in [0.15, 0.2) is 0 Å². The van der Waals surface area contributed by atoms with Crippen molar-refractivity contribution in [2.75, 3.05) is 18.5 Å². The van der Waals surface area contributed by atoms with Crippen molar-refractivity contribution in [3.8, 4) is 0 Å². The lowest BCUT2D eigenvalue weighted by Gasteiger charge is -2.34. The molecule has 1 fully saturated rings. The fourth-order valence-electron chi connectivity index (χ4n) is 6.41.